The van der Waals surface area contributed by atoms with Crippen LogP contribution in [-0.4, -0.2) is 38.5 Å². The smallest absolute Gasteiger partial charge is 0.243 e. The van der Waals surface area contributed by atoms with E-state index in [1.807, 2.05) is 13.2 Å². The highest BCUT2D eigenvalue weighted by molar-refractivity contribution is 7.98. The fourth-order valence-corrected chi connectivity index (χ4v) is 5.14. The molecule has 1 amide bonds. The number of carbonyl (C=O) groups excluding carboxylic acids is 1. The summed E-state index contributed by atoms with van der Waals surface area (Å²) < 4.78 is 26.5. The molecular formula is C22H28N2O3S2. The van der Waals surface area contributed by atoms with Gasteiger partial charge in [0.15, 0.2) is 0 Å². The summed E-state index contributed by atoms with van der Waals surface area (Å²) in [4.78, 5) is 13.7. The van der Waals surface area contributed by atoms with Gasteiger partial charge in [0.2, 0.25) is 15.9 Å². The topological polar surface area (TPSA) is 66.5 Å². The Morgan fingerprint density at radius 3 is 2.41 bits per heavy atom. The maximum Gasteiger partial charge on any atom is 0.243 e. The molecule has 2 aromatic rings. The van der Waals surface area contributed by atoms with Gasteiger partial charge in [-0.1, -0.05) is 18.2 Å². The monoisotopic (exact) mass is 432 g/mol. The van der Waals surface area contributed by atoms with Crippen molar-refractivity contribution >= 4 is 27.7 Å². The highest BCUT2D eigenvalue weighted by Crippen LogP contribution is 2.25. The molecule has 0 unspecified atom stereocenters. The van der Waals surface area contributed by atoms with Gasteiger partial charge in [0, 0.05) is 11.9 Å². The fraction of sp³-hybridized carbons (Fsp3) is 0.409. The summed E-state index contributed by atoms with van der Waals surface area (Å²) in [6.07, 6.45) is 6.58. The number of likely N-dealkylation sites (N-methyl/N-ethyl adjacent to an activating group) is 1. The summed E-state index contributed by atoms with van der Waals surface area (Å²) in [5.74, 6) is -0.318. The predicted octanol–water partition coefficient (Wildman–Crippen LogP) is 3.79. The lowest BCUT2D eigenvalue weighted by Gasteiger charge is -2.21. The van der Waals surface area contributed by atoms with Crippen LogP contribution in [0.3, 0.4) is 0 Å². The zero-order valence-electron chi connectivity index (χ0n) is 17.1. The van der Waals surface area contributed by atoms with Gasteiger partial charge in [0.05, 0.1) is 17.5 Å². The molecule has 0 aromatic heterocycles. The molecule has 1 aliphatic carbocycles. The van der Waals surface area contributed by atoms with Crippen LogP contribution < -0.4 is 5.32 Å². The molecule has 29 heavy (non-hydrogen) atoms. The lowest BCUT2D eigenvalue weighted by Crippen LogP contribution is -2.39. The first-order valence-corrected chi connectivity index (χ1v) is 12.5. The number of sulfonamides is 1. The zero-order chi connectivity index (χ0) is 21.0. The number of nitrogens with zero attached hydrogens (tertiary/aromatic N) is 1. The van der Waals surface area contributed by atoms with E-state index in [0.29, 0.717) is 0 Å². The fourth-order valence-electron chi connectivity index (χ4n) is 3.61. The molecule has 0 saturated heterocycles. The number of benzene rings is 2. The van der Waals surface area contributed by atoms with E-state index < -0.39 is 10.0 Å². The Morgan fingerprint density at radius 1 is 1.10 bits per heavy atom. The molecule has 0 heterocycles. The molecule has 0 bridgehead atoms. The minimum Gasteiger partial charge on any atom is -0.348 e. The molecule has 0 spiro atoms. The Balaban J connectivity index is 1.63. The summed E-state index contributed by atoms with van der Waals surface area (Å²) in [6, 6.07) is 12.9. The Labute approximate surface area is 177 Å². The Morgan fingerprint density at radius 2 is 1.76 bits per heavy atom. The van der Waals surface area contributed by atoms with Crippen molar-refractivity contribution in [3.8, 4) is 0 Å². The van der Waals surface area contributed by atoms with Gasteiger partial charge in [-0.05, 0) is 79.8 Å². The predicted molar refractivity (Wildman–Crippen MR) is 118 cm³/mol. The first-order chi connectivity index (χ1) is 13.8. The Hall–Kier alpha value is -1.83. The molecule has 0 radical (unpaired) electrons. The lowest BCUT2D eigenvalue weighted by molar-refractivity contribution is -0.121. The zero-order valence-corrected chi connectivity index (χ0v) is 18.8. The van der Waals surface area contributed by atoms with E-state index >= 15 is 0 Å². The van der Waals surface area contributed by atoms with Gasteiger partial charge >= 0.3 is 0 Å². The molecule has 156 valence electrons. The molecule has 1 N–H and O–H groups in total. The third-order valence-corrected chi connectivity index (χ3v) is 7.95. The van der Waals surface area contributed by atoms with E-state index in [-0.39, 0.29) is 23.4 Å². The molecular weight excluding hydrogens is 404 g/mol. The Kier molecular flexibility index (Phi) is 7.03. The van der Waals surface area contributed by atoms with Crippen molar-refractivity contribution in [2.75, 3.05) is 19.8 Å². The molecule has 7 heteroatoms. The number of amides is 1. The molecule has 0 aliphatic heterocycles. The van der Waals surface area contributed by atoms with Crippen LogP contribution in [0.15, 0.2) is 52.3 Å². The second kappa shape index (κ2) is 9.32. The first-order valence-electron chi connectivity index (χ1n) is 9.82. The van der Waals surface area contributed by atoms with Crippen molar-refractivity contribution in [2.24, 2.45) is 0 Å². The Bertz CT molecular complexity index is 972. The molecule has 3 rings (SSSR count). The summed E-state index contributed by atoms with van der Waals surface area (Å²) >= 11 is 1.55. The average Bonchev–Trinajstić information content (AvgIpc) is 2.73. The number of fused-ring (bicyclic) bond motifs is 1. The van der Waals surface area contributed by atoms with Gasteiger partial charge in [0.25, 0.3) is 0 Å². The van der Waals surface area contributed by atoms with Crippen LogP contribution >= 0.6 is 11.8 Å². The molecule has 1 aliphatic rings. The van der Waals surface area contributed by atoms with Gasteiger partial charge in [0.1, 0.15) is 0 Å². The maximum absolute atomic E-state index is 12.7. The maximum atomic E-state index is 12.7. The summed E-state index contributed by atoms with van der Waals surface area (Å²) in [7, 11) is -2.28. The van der Waals surface area contributed by atoms with Crippen molar-refractivity contribution in [1.29, 1.82) is 0 Å². The number of carbonyl (C=O) groups is 1. The van der Waals surface area contributed by atoms with Gasteiger partial charge in [-0.25, -0.2) is 8.42 Å². The molecule has 2 aromatic carbocycles. The van der Waals surface area contributed by atoms with Crippen LogP contribution in [0.2, 0.25) is 0 Å². The van der Waals surface area contributed by atoms with E-state index in [1.165, 1.54) is 31.0 Å². The summed E-state index contributed by atoms with van der Waals surface area (Å²) in [5, 5.41) is 2.93. The van der Waals surface area contributed by atoms with E-state index in [2.05, 4.69) is 23.5 Å². The van der Waals surface area contributed by atoms with Crippen LogP contribution in [-0.2, 0) is 27.7 Å². The summed E-state index contributed by atoms with van der Waals surface area (Å²) in [6.45, 7) is 1.71. The van der Waals surface area contributed by atoms with Crippen LogP contribution in [0.1, 0.15) is 42.5 Å². The second-order valence-corrected chi connectivity index (χ2v) is 10.4. The van der Waals surface area contributed by atoms with Gasteiger partial charge in [-0.15, -0.1) is 11.8 Å². The van der Waals surface area contributed by atoms with Crippen molar-refractivity contribution in [3.05, 3.63) is 59.2 Å². The van der Waals surface area contributed by atoms with Crippen molar-refractivity contribution in [2.45, 2.75) is 48.4 Å². The quantitative estimate of drug-likeness (QED) is 0.676. The van der Waals surface area contributed by atoms with Crippen molar-refractivity contribution in [3.63, 3.8) is 0 Å². The number of thioether (sulfide) groups is 1. The number of aryl methyl sites for hydroxylation is 2. The van der Waals surface area contributed by atoms with Gasteiger partial charge < -0.3 is 5.32 Å². The molecule has 0 fully saturated rings. The number of rotatable bonds is 7. The van der Waals surface area contributed by atoms with Gasteiger partial charge in [-0.3, -0.25) is 4.79 Å². The minimum absolute atomic E-state index is 0.174. The van der Waals surface area contributed by atoms with E-state index in [1.54, 1.807) is 36.0 Å². The average molecular weight is 433 g/mol. The van der Waals surface area contributed by atoms with Gasteiger partial charge in [-0.2, -0.15) is 4.31 Å². The minimum atomic E-state index is -3.71. The summed E-state index contributed by atoms with van der Waals surface area (Å²) in [5.41, 5.74) is 3.82. The van der Waals surface area contributed by atoms with Crippen LogP contribution in [0.4, 0.5) is 0 Å². The second-order valence-electron chi connectivity index (χ2n) is 7.46. The molecule has 0 saturated carbocycles. The third kappa shape index (κ3) is 5.21. The third-order valence-electron chi connectivity index (χ3n) is 5.38. The molecule has 1 atom stereocenters. The number of nitrogens with one attached hydrogen (secondary N) is 1. The van der Waals surface area contributed by atoms with Crippen LogP contribution in [0.25, 0.3) is 0 Å². The van der Waals surface area contributed by atoms with E-state index in [0.717, 1.165) is 27.6 Å². The lowest BCUT2D eigenvalue weighted by atomic mass is 9.89. The number of hydrogen-bond acceptors (Lipinski definition) is 4. The van der Waals surface area contributed by atoms with Crippen molar-refractivity contribution < 1.29 is 13.2 Å². The first kappa shape index (κ1) is 21.9. The van der Waals surface area contributed by atoms with E-state index in [4.69, 9.17) is 0 Å². The SMILES string of the molecule is CSc1ccc(S(=O)(=O)N(C)CC(=O)N[C@@H](C)c2ccc3c(c2)CCCC3)cc1. The highest BCUT2D eigenvalue weighted by Gasteiger charge is 2.24. The number of hydrogen-bond donors (Lipinski definition) is 1. The largest absolute Gasteiger partial charge is 0.348 e. The van der Waals surface area contributed by atoms with Crippen LogP contribution in [0, 0.1) is 0 Å². The van der Waals surface area contributed by atoms with Crippen molar-refractivity contribution in [1.82, 2.24) is 9.62 Å². The molecule has 5 nitrogen and oxygen atoms in total. The van der Waals surface area contributed by atoms with Crippen LogP contribution in [0.5, 0.6) is 0 Å². The standard InChI is InChI=1S/C22H28N2O3S2/c1-16(18-9-8-17-6-4-5-7-19(17)14-18)23-22(25)15-24(2)29(26,27)21-12-10-20(28-3)11-13-21/h8-14,16H,4-7,15H2,1-3H3,(H,23,25)/t16-/m0/s1. The normalized spacial score (nSPS) is 15.0. The highest BCUT2D eigenvalue weighted by atomic mass is 32.2. The van der Waals surface area contributed by atoms with E-state index in [9.17, 15) is 13.2 Å².